The van der Waals surface area contributed by atoms with Crippen molar-refractivity contribution in [3.05, 3.63) is 29.8 Å². The topological polar surface area (TPSA) is 58.6 Å². The van der Waals surface area contributed by atoms with Crippen molar-refractivity contribution in [2.45, 2.75) is 33.6 Å². The maximum Gasteiger partial charge on any atom is 0.225 e. The highest BCUT2D eigenvalue weighted by molar-refractivity contribution is 5.80. The van der Waals surface area contributed by atoms with Crippen molar-refractivity contribution >= 4 is 11.8 Å². The first-order chi connectivity index (χ1) is 11.5. The first-order valence-electron chi connectivity index (χ1n) is 8.73. The fourth-order valence-electron chi connectivity index (χ4n) is 2.92. The highest BCUT2D eigenvalue weighted by Gasteiger charge is 2.27. The summed E-state index contributed by atoms with van der Waals surface area (Å²) >= 11 is 0. The second-order valence-electron chi connectivity index (χ2n) is 6.71. The maximum atomic E-state index is 12.2. The Morgan fingerprint density at radius 1 is 1.29 bits per heavy atom. The molecule has 1 heterocycles. The van der Waals surface area contributed by atoms with E-state index in [1.807, 2.05) is 49.9 Å². The van der Waals surface area contributed by atoms with Gasteiger partial charge in [-0.1, -0.05) is 26.0 Å². The average molecular weight is 332 g/mol. The van der Waals surface area contributed by atoms with Crippen molar-refractivity contribution in [3.63, 3.8) is 0 Å². The third-order valence-electron chi connectivity index (χ3n) is 4.33. The van der Waals surface area contributed by atoms with Gasteiger partial charge in [0.15, 0.2) is 0 Å². The van der Waals surface area contributed by atoms with Gasteiger partial charge in [0.05, 0.1) is 6.54 Å². The van der Waals surface area contributed by atoms with E-state index in [1.54, 1.807) is 0 Å². The Kier molecular flexibility index (Phi) is 6.64. The number of likely N-dealkylation sites (tertiary alicyclic amines) is 1. The van der Waals surface area contributed by atoms with Gasteiger partial charge in [0, 0.05) is 24.9 Å². The molecule has 132 valence electrons. The van der Waals surface area contributed by atoms with Gasteiger partial charge < -0.3 is 15.0 Å². The van der Waals surface area contributed by atoms with Crippen LogP contribution in [-0.4, -0.2) is 43.0 Å². The van der Waals surface area contributed by atoms with Gasteiger partial charge in [-0.15, -0.1) is 0 Å². The van der Waals surface area contributed by atoms with Crippen molar-refractivity contribution in [3.8, 4) is 5.75 Å². The van der Waals surface area contributed by atoms with Crippen LogP contribution < -0.4 is 10.1 Å². The SMILES string of the molecule is Cc1cccc(OCCNC(=O)C2CCN(C(=O)C(C)C)CC2)c1. The molecule has 0 aromatic heterocycles. The van der Waals surface area contributed by atoms with E-state index in [1.165, 1.54) is 0 Å². The monoisotopic (exact) mass is 332 g/mol. The molecule has 0 radical (unpaired) electrons. The summed E-state index contributed by atoms with van der Waals surface area (Å²) in [7, 11) is 0. The number of aryl methyl sites for hydroxylation is 1. The minimum atomic E-state index is 0.000168. The van der Waals surface area contributed by atoms with Gasteiger partial charge in [0.2, 0.25) is 11.8 Å². The normalized spacial score (nSPS) is 15.4. The fourth-order valence-corrected chi connectivity index (χ4v) is 2.92. The van der Waals surface area contributed by atoms with E-state index < -0.39 is 0 Å². The van der Waals surface area contributed by atoms with E-state index in [4.69, 9.17) is 4.74 Å². The van der Waals surface area contributed by atoms with Crippen molar-refractivity contribution in [2.75, 3.05) is 26.2 Å². The number of benzene rings is 1. The number of hydrogen-bond donors (Lipinski definition) is 1. The Labute approximate surface area is 144 Å². The molecule has 5 heteroatoms. The Balaban J connectivity index is 1.66. The van der Waals surface area contributed by atoms with Crippen LogP contribution in [0.15, 0.2) is 24.3 Å². The number of ether oxygens (including phenoxy) is 1. The predicted octanol–water partition coefficient (Wildman–Crippen LogP) is 2.38. The van der Waals surface area contributed by atoms with Crippen LogP contribution in [0.2, 0.25) is 0 Å². The molecule has 0 atom stereocenters. The molecule has 5 nitrogen and oxygen atoms in total. The molecule has 0 bridgehead atoms. The van der Waals surface area contributed by atoms with E-state index in [9.17, 15) is 9.59 Å². The fraction of sp³-hybridized carbons (Fsp3) is 0.579. The summed E-state index contributed by atoms with van der Waals surface area (Å²) < 4.78 is 5.63. The summed E-state index contributed by atoms with van der Waals surface area (Å²) in [5.74, 6) is 1.10. The molecular weight excluding hydrogens is 304 g/mol. The largest absolute Gasteiger partial charge is 0.492 e. The minimum absolute atomic E-state index is 0.000168. The van der Waals surface area contributed by atoms with Gasteiger partial charge in [-0.2, -0.15) is 0 Å². The van der Waals surface area contributed by atoms with Crippen molar-refractivity contribution in [2.24, 2.45) is 11.8 Å². The molecule has 0 saturated carbocycles. The number of nitrogens with one attached hydrogen (secondary N) is 1. The lowest BCUT2D eigenvalue weighted by Crippen LogP contribution is -2.44. The van der Waals surface area contributed by atoms with E-state index in [-0.39, 0.29) is 23.7 Å². The Morgan fingerprint density at radius 2 is 2.00 bits per heavy atom. The lowest BCUT2D eigenvalue weighted by molar-refractivity contribution is -0.138. The number of carbonyl (C=O) groups excluding carboxylic acids is 2. The van der Waals surface area contributed by atoms with E-state index in [2.05, 4.69) is 5.32 Å². The first-order valence-corrected chi connectivity index (χ1v) is 8.73. The van der Waals surface area contributed by atoms with Gasteiger partial charge in [-0.05, 0) is 37.5 Å². The lowest BCUT2D eigenvalue weighted by Gasteiger charge is -2.32. The Hall–Kier alpha value is -2.04. The molecule has 24 heavy (non-hydrogen) atoms. The molecular formula is C19H28N2O3. The number of nitrogens with zero attached hydrogens (tertiary/aromatic N) is 1. The van der Waals surface area contributed by atoms with E-state index >= 15 is 0 Å². The lowest BCUT2D eigenvalue weighted by atomic mass is 9.95. The number of hydrogen-bond acceptors (Lipinski definition) is 3. The summed E-state index contributed by atoms with van der Waals surface area (Å²) in [4.78, 5) is 26.0. The molecule has 1 N–H and O–H groups in total. The average Bonchev–Trinajstić information content (AvgIpc) is 2.58. The summed E-state index contributed by atoms with van der Waals surface area (Å²) in [5.41, 5.74) is 1.15. The van der Waals surface area contributed by atoms with Crippen LogP contribution in [0.25, 0.3) is 0 Å². The Morgan fingerprint density at radius 3 is 2.62 bits per heavy atom. The molecule has 2 amide bonds. The molecule has 0 aliphatic carbocycles. The number of carbonyl (C=O) groups is 2. The van der Waals surface area contributed by atoms with Gasteiger partial charge in [-0.3, -0.25) is 9.59 Å². The molecule has 1 aliphatic rings. The van der Waals surface area contributed by atoms with Gasteiger partial charge in [-0.25, -0.2) is 0 Å². The molecule has 0 spiro atoms. The second kappa shape index (κ2) is 8.71. The summed E-state index contributed by atoms with van der Waals surface area (Å²) in [5, 5.41) is 2.94. The third-order valence-corrected chi connectivity index (χ3v) is 4.33. The van der Waals surface area contributed by atoms with Crippen LogP contribution in [-0.2, 0) is 9.59 Å². The summed E-state index contributed by atoms with van der Waals surface area (Å²) in [6.07, 6.45) is 1.48. The first kappa shape index (κ1) is 18.3. The van der Waals surface area contributed by atoms with Crippen LogP contribution >= 0.6 is 0 Å². The molecule has 1 aromatic rings. The number of amides is 2. The molecule has 1 fully saturated rings. The number of piperidine rings is 1. The predicted molar refractivity (Wildman–Crippen MR) is 93.8 cm³/mol. The quantitative estimate of drug-likeness (QED) is 0.814. The summed E-state index contributed by atoms with van der Waals surface area (Å²) in [6.45, 7) is 8.15. The van der Waals surface area contributed by atoms with Crippen molar-refractivity contribution < 1.29 is 14.3 Å². The molecule has 1 aromatic carbocycles. The van der Waals surface area contributed by atoms with Gasteiger partial charge in [0.1, 0.15) is 12.4 Å². The standard InChI is InChI=1S/C19H28N2O3/c1-14(2)19(23)21-10-7-16(8-11-21)18(22)20-9-12-24-17-6-4-5-15(3)13-17/h4-6,13-14,16H,7-12H2,1-3H3,(H,20,22). The highest BCUT2D eigenvalue weighted by Crippen LogP contribution is 2.19. The highest BCUT2D eigenvalue weighted by atomic mass is 16.5. The van der Waals surface area contributed by atoms with Gasteiger partial charge >= 0.3 is 0 Å². The van der Waals surface area contributed by atoms with Crippen LogP contribution in [0.3, 0.4) is 0 Å². The van der Waals surface area contributed by atoms with Crippen LogP contribution in [0, 0.1) is 18.8 Å². The minimum Gasteiger partial charge on any atom is -0.492 e. The Bertz CT molecular complexity index is 563. The van der Waals surface area contributed by atoms with E-state index in [0.717, 1.165) is 24.2 Å². The van der Waals surface area contributed by atoms with Crippen LogP contribution in [0.5, 0.6) is 5.75 Å². The van der Waals surface area contributed by atoms with Crippen molar-refractivity contribution in [1.82, 2.24) is 10.2 Å². The van der Waals surface area contributed by atoms with Crippen LogP contribution in [0.1, 0.15) is 32.3 Å². The smallest absolute Gasteiger partial charge is 0.225 e. The summed E-state index contributed by atoms with van der Waals surface area (Å²) in [6, 6.07) is 7.86. The number of rotatable bonds is 6. The third kappa shape index (κ3) is 5.25. The van der Waals surface area contributed by atoms with E-state index in [0.29, 0.717) is 26.2 Å². The van der Waals surface area contributed by atoms with Crippen molar-refractivity contribution in [1.29, 1.82) is 0 Å². The maximum absolute atomic E-state index is 12.2. The van der Waals surface area contributed by atoms with Crippen LogP contribution in [0.4, 0.5) is 0 Å². The van der Waals surface area contributed by atoms with Gasteiger partial charge in [0.25, 0.3) is 0 Å². The molecule has 1 saturated heterocycles. The zero-order valence-electron chi connectivity index (χ0n) is 14.9. The molecule has 0 unspecified atom stereocenters. The zero-order chi connectivity index (χ0) is 17.5. The molecule has 2 rings (SSSR count). The second-order valence-corrected chi connectivity index (χ2v) is 6.71. The molecule has 1 aliphatic heterocycles. The zero-order valence-corrected chi connectivity index (χ0v) is 14.9.